The topological polar surface area (TPSA) is 55.1 Å². The molecule has 2 aromatic carbocycles. The summed E-state index contributed by atoms with van der Waals surface area (Å²) in [5.41, 5.74) is 3.90. The highest BCUT2D eigenvalue weighted by atomic mass is 32.2. The third-order valence-electron chi connectivity index (χ3n) is 2.92. The van der Waals surface area contributed by atoms with Gasteiger partial charge >= 0.3 is 0 Å². The van der Waals surface area contributed by atoms with Crippen molar-refractivity contribution < 1.29 is 13.6 Å². The lowest BCUT2D eigenvalue weighted by Gasteiger charge is -2.09. The zero-order valence-electron chi connectivity index (χ0n) is 11.1. The third kappa shape index (κ3) is 4.27. The minimum absolute atomic E-state index is 0.186. The Labute approximate surface area is 125 Å². The van der Waals surface area contributed by atoms with E-state index >= 15 is 0 Å². The molecule has 3 nitrogen and oxygen atoms in total. The number of hydrogen-bond donors (Lipinski definition) is 2. The van der Waals surface area contributed by atoms with Crippen LogP contribution in [0.1, 0.15) is 11.1 Å². The molecule has 0 aliphatic carbocycles. The number of amides is 1. The summed E-state index contributed by atoms with van der Waals surface area (Å²) < 4.78 is 26.0. The highest BCUT2D eigenvalue weighted by molar-refractivity contribution is 7.98. The molecule has 0 aliphatic heterocycles. The molecule has 0 atom stereocenters. The molecule has 0 spiro atoms. The van der Waals surface area contributed by atoms with Crippen LogP contribution in [0.2, 0.25) is 0 Å². The highest BCUT2D eigenvalue weighted by Gasteiger charge is 2.08. The van der Waals surface area contributed by atoms with E-state index < -0.39 is 11.6 Å². The van der Waals surface area contributed by atoms with Gasteiger partial charge in [0.25, 0.3) is 0 Å². The predicted octanol–water partition coefficient (Wildman–Crippen LogP) is 2.79. The van der Waals surface area contributed by atoms with Gasteiger partial charge in [0.2, 0.25) is 5.91 Å². The van der Waals surface area contributed by atoms with Gasteiger partial charge in [-0.05, 0) is 29.3 Å². The molecule has 0 unspecified atom stereocenters. The zero-order chi connectivity index (χ0) is 15.2. The lowest BCUT2D eigenvalue weighted by atomic mass is 10.1. The van der Waals surface area contributed by atoms with Crippen LogP contribution < -0.4 is 11.3 Å². The number of rotatable bonds is 5. The Balaban J connectivity index is 2.09. The van der Waals surface area contributed by atoms with Crippen LogP contribution in [-0.2, 0) is 17.0 Å². The van der Waals surface area contributed by atoms with E-state index in [1.165, 1.54) is 17.8 Å². The zero-order valence-corrected chi connectivity index (χ0v) is 11.9. The molecule has 0 saturated carbocycles. The minimum atomic E-state index is -0.865. The first kappa shape index (κ1) is 15.5. The maximum atomic E-state index is 13.1. The number of benzene rings is 2. The number of halogens is 2. The second-order valence-electron chi connectivity index (χ2n) is 4.38. The van der Waals surface area contributed by atoms with Crippen LogP contribution in [0.3, 0.4) is 0 Å². The smallest absolute Gasteiger partial charge is 0.238 e. The van der Waals surface area contributed by atoms with Gasteiger partial charge in [0, 0.05) is 10.6 Å². The molecule has 0 fully saturated rings. The van der Waals surface area contributed by atoms with Crippen LogP contribution in [0.15, 0.2) is 47.4 Å². The molecule has 0 bridgehead atoms. The number of hydrazine groups is 1. The van der Waals surface area contributed by atoms with E-state index in [0.29, 0.717) is 10.6 Å². The van der Waals surface area contributed by atoms with Crippen molar-refractivity contribution in [1.82, 2.24) is 5.43 Å². The average molecular weight is 308 g/mol. The number of hydrogen-bond acceptors (Lipinski definition) is 3. The molecular weight excluding hydrogens is 294 g/mol. The molecule has 0 aliphatic rings. The standard InChI is InChI=1S/C15H14F2N2OS/c16-13-6-5-12(8-14(13)17)21-9-11-4-2-1-3-10(11)7-15(20)19-18/h1-6,8H,7,9,18H2,(H,19,20). The van der Waals surface area contributed by atoms with E-state index in [4.69, 9.17) is 5.84 Å². The largest absolute Gasteiger partial charge is 0.294 e. The molecule has 0 heterocycles. The predicted molar refractivity (Wildman–Crippen MR) is 78.4 cm³/mol. The van der Waals surface area contributed by atoms with Crippen LogP contribution in [-0.4, -0.2) is 5.91 Å². The Kier molecular flexibility index (Phi) is 5.30. The van der Waals surface area contributed by atoms with Gasteiger partial charge in [-0.15, -0.1) is 11.8 Å². The van der Waals surface area contributed by atoms with Gasteiger partial charge in [-0.2, -0.15) is 0 Å². The molecule has 0 saturated heterocycles. The normalized spacial score (nSPS) is 10.4. The highest BCUT2D eigenvalue weighted by Crippen LogP contribution is 2.26. The van der Waals surface area contributed by atoms with Crippen molar-refractivity contribution in [3.05, 3.63) is 65.2 Å². The Hall–Kier alpha value is -1.92. The monoisotopic (exact) mass is 308 g/mol. The number of nitrogens with one attached hydrogen (secondary N) is 1. The Bertz CT molecular complexity index is 649. The summed E-state index contributed by atoms with van der Waals surface area (Å²) >= 11 is 1.38. The number of thioether (sulfide) groups is 1. The van der Waals surface area contributed by atoms with Crippen molar-refractivity contribution in [2.24, 2.45) is 5.84 Å². The fourth-order valence-electron chi connectivity index (χ4n) is 1.82. The van der Waals surface area contributed by atoms with Crippen LogP contribution in [0, 0.1) is 11.6 Å². The van der Waals surface area contributed by atoms with Crippen molar-refractivity contribution in [1.29, 1.82) is 0 Å². The van der Waals surface area contributed by atoms with Gasteiger partial charge in [0.15, 0.2) is 11.6 Å². The first-order valence-corrected chi connectivity index (χ1v) is 7.23. The van der Waals surface area contributed by atoms with Gasteiger partial charge in [-0.3, -0.25) is 10.2 Å². The van der Waals surface area contributed by atoms with Crippen molar-refractivity contribution >= 4 is 17.7 Å². The molecule has 110 valence electrons. The van der Waals surface area contributed by atoms with Crippen molar-refractivity contribution in [3.63, 3.8) is 0 Å². The van der Waals surface area contributed by atoms with E-state index in [1.54, 1.807) is 0 Å². The maximum Gasteiger partial charge on any atom is 0.238 e. The lowest BCUT2D eigenvalue weighted by molar-refractivity contribution is -0.120. The molecular formula is C15H14F2N2OS. The molecule has 3 N–H and O–H groups in total. The summed E-state index contributed by atoms with van der Waals surface area (Å²) in [4.78, 5) is 12.0. The van der Waals surface area contributed by atoms with E-state index in [0.717, 1.165) is 23.3 Å². The SMILES string of the molecule is NNC(=O)Cc1ccccc1CSc1ccc(F)c(F)c1. The van der Waals surface area contributed by atoms with E-state index in [-0.39, 0.29) is 12.3 Å². The first-order chi connectivity index (χ1) is 10.1. The average Bonchev–Trinajstić information content (AvgIpc) is 2.49. The number of nitrogens with two attached hydrogens (primary N) is 1. The quantitative estimate of drug-likeness (QED) is 0.386. The first-order valence-electron chi connectivity index (χ1n) is 6.24. The number of carbonyl (C=O) groups excluding carboxylic acids is 1. The Morgan fingerprint density at radius 2 is 1.81 bits per heavy atom. The van der Waals surface area contributed by atoms with E-state index in [2.05, 4.69) is 5.43 Å². The molecule has 1 amide bonds. The summed E-state index contributed by atoms with van der Waals surface area (Å²) in [6.07, 6.45) is 0.186. The van der Waals surface area contributed by atoms with Crippen LogP contribution in [0.25, 0.3) is 0 Å². The fraction of sp³-hybridized carbons (Fsp3) is 0.133. The summed E-state index contributed by atoms with van der Waals surface area (Å²) in [5.74, 6) is 3.63. The number of carbonyl (C=O) groups is 1. The van der Waals surface area contributed by atoms with Crippen molar-refractivity contribution in [2.75, 3.05) is 0 Å². The molecule has 0 aromatic heterocycles. The van der Waals surface area contributed by atoms with Crippen molar-refractivity contribution in [3.8, 4) is 0 Å². The summed E-state index contributed by atoms with van der Waals surface area (Å²) in [7, 11) is 0. The fourth-order valence-corrected chi connectivity index (χ4v) is 2.78. The Morgan fingerprint density at radius 1 is 1.10 bits per heavy atom. The van der Waals surface area contributed by atoms with Crippen LogP contribution >= 0.6 is 11.8 Å². The third-order valence-corrected chi connectivity index (χ3v) is 3.96. The molecule has 21 heavy (non-hydrogen) atoms. The molecule has 2 aromatic rings. The summed E-state index contributed by atoms with van der Waals surface area (Å²) in [6.45, 7) is 0. The minimum Gasteiger partial charge on any atom is -0.294 e. The van der Waals surface area contributed by atoms with Gasteiger partial charge in [-0.1, -0.05) is 24.3 Å². The second-order valence-corrected chi connectivity index (χ2v) is 5.43. The van der Waals surface area contributed by atoms with E-state index in [9.17, 15) is 13.6 Å². The second kappa shape index (κ2) is 7.19. The maximum absolute atomic E-state index is 13.1. The van der Waals surface area contributed by atoms with E-state index in [1.807, 2.05) is 24.3 Å². The van der Waals surface area contributed by atoms with Gasteiger partial charge in [0.05, 0.1) is 6.42 Å². The van der Waals surface area contributed by atoms with Crippen LogP contribution in [0.5, 0.6) is 0 Å². The molecule has 2 rings (SSSR count). The Morgan fingerprint density at radius 3 is 2.48 bits per heavy atom. The van der Waals surface area contributed by atoms with Crippen molar-refractivity contribution in [2.45, 2.75) is 17.1 Å². The van der Waals surface area contributed by atoms with Gasteiger partial charge in [0.1, 0.15) is 0 Å². The summed E-state index contributed by atoms with van der Waals surface area (Å²) in [5, 5.41) is 0. The summed E-state index contributed by atoms with van der Waals surface area (Å²) in [6, 6.07) is 11.2. The van der Waals surface area contributed by atoms with Gasteiger partial charge < -0.3 is 0 Å². The molecule has 6 heteroatoms. The van der Waals surface area contributed by atoms with Crippen LogP contribution in [0.4, 0.5) is 8.78 Å². The van der Waals surface area contributed by atoms with Gasteiger partial charge in [-0.25, -0.2) is 14.6 Å². The lowest BCUT2D eigenvalue weighted by Crippen LogP contribution is -2.31. The molecule has 0 radical (unpaired) electrons.